The Balaban J connectivity index is 1.71. The van der Waals surface area contributed by atoms with Crippen molar-refractivity contribution < 1.29 is 14.0 Å². The van der Waals surface area contributed by atoms with E-state index in [1.807, 2.05) is 19.2 Å². The van der Waals surface area contributed by atoms with Gasteiger partial charge in [0.15, 0.2) is 0 Å². The Morgan fingerprint density at radius 2 is 1.96 bits per heavy atom. The van der Waals surface area contributed by atoms with Gasteiger partial charge in [-0.05, 0) is 37.4 Å². The number of benzene rings is 1. The first-order valence-corrected chi connectivity index (χ1v) is 8.62. The first-order chi connectivity index (χ1) is 12.0. The quantitative estimate of drug-likeness (QED) is 0.733. The molecular formula is C18H17N3O3S. The third-order valence-corrected chi connectivity index (χ3v) is 4.36. The van der Waals surface area contributed by atoms with Gasteiger partial charge < -0.3 is 15.1 Å². The highest BCUT2D eigenvalue weighted by Gasteiger charge is 2.15. The third kappa shape index (κ3) is 3.95. The van der Waals surface area contributed by atoms with Gasteiger partial charge in [-0.15, -0.1) is 0 Å². The van der Waals surface area contributed by atoms with E-state index in [4.69, 9.17) is 4.42 Å². The second-order valence-corrected chi connectivity index (χ2v) is 6.22. The molecule has 0 aliphatic rings. The molecule has 0 saturated carbocycles. The number of rotatable bonds is 5. The third-order valence-electron chi connectivity index (χ3n) is 3.68. The highest BCUT2D eigenvalue weighted by Crippen LogP contribution is 2.17. The van der Waals surface area contributed by atoms with E-state index in [0.717, 1.165) is 11.5 Å². The van der Waals surface area contributed by atoms with Crippen LogP contribution in [0.2, 0.25) is 0 Å². The Labute approximate surface area is 148 Å². The number of thiophene rings is 1. The molecule has 2 amide bonds. The standard InChI is InChI=1S/C18H17N3O3S/c1-11-12(2)24-16(20-11)9-19-18(23)14-5-3-4-6-15(14)21-17(22)13-7-8-25-10-13/h3-8,10H,9H2,1-2H3,(H,19,23)(H,21,22). The average Bonchev–Trinajstić information content (AvgIpc) is 3.24. The molecule has 0 spiro atoms. The SMILES string of the molecule is Cc1nc(CNC(=O)c2ccccc2NC(=O)c2ccsc2)oc1C. The Morgan fingerprint density at radius 3 is 2.64 bits per heavy atom. The Morgan fingerprint density at radius 1 is 1.16 bits per heavy atom. The van der Waals surface area contributed by atoms with Crippen molar-refractivity contribution >= 4 is 28.8 Å². The van der Waals surface area contributed by atoms with Crippen molar-refractivity contribution in [3.05, 3.63) is 69.6 Å². The Bertz CT molecular complexity index is 881. The number of carbonyl (C=O) groups excluding carboxylic acids is 2. The topological polar surface area (TPSA) is 84.2 Å². The van der Waals surface area contributed by atoms with Crippen molar-refractivity contribution in [2.24, 2.45) is 0 Å². The second kappa shape index (κ2) is 7.31. The summed E-state index contributed by atoms with van der Waals surface area (Å²) in [4.78, 5) is 28.9. The summed E-state index contributed by atoms with van der Waals surface area (Å²) < 4.78 is 5.45. The van der Waals surface area contributed by atoms with Crippen LogP contribution in [0.25, 0.3) is 0 Å². The van der Waals surface area contributed by atoms with Crippen LogP contribution in [0.3, 0.4) is 0 Å². The van der Waals surface area contributed by atoms with Crippen LogP contribution in [0.15, 0.2) is 45.5 Å². The van der Waals surface area contributed by atoms with E-state index in [-0.39, 0.29) is 18.4 Å². The van der Waals surface area contributed by atoms with Gasteiger partial charge >= 0.3 is 0 Å². The average molecular weight is 355 g/mol. The molecule has 0 bridgehead atoms. The normalized spacial score (nSPS) is 10.5. The lowest BCUT2D eigenvalue weighted by Gasteiger charge is -2.10. The molecule has 3 rings (SSSR count). The molecule has 7 heteroatoms. The van der Waals surface area contributed by atoms with Gasteiger partial charge in [-0.25, -0.2) is 4.98 Å². The number of hydrogen-bond acceptors (Lipinski definition) is 5. The zero-order valence-corrected chi connectivity index (χ0v) is 14.6. The molecule has 128 valence electrons. The summed E-state index contributed by atoms with van der Waals surface area (Å²) >= 11 is 1.44. The lowest BCUT2D eigenvalue weighted by atomic mass is 10.1. The van der Waals surface area contributed by atoms with Crippen LogP contribution in [0, 0.1) is 13.8 Å². The van der Waals surface area contributed by atoms with Gasteiger partial charge in [0.1, 0.15) is 5.76 Å². The van der Waals surface area contributed by atoms with E-state index >= 15 is 0 Å². The van der Waals surface area contributed by atoms with E-state index in [1.54, 1.807) is 35.7 Å². The van der Waals surface area contributed by atoms with Crippen molar-refractivity contribution in [1.82, 2.24) is 10.3 Å². The Kier molecular flexibility index (Phi) is 4.95. The number of aromatic nitrogens is 1. The van der Waals surface area contributed by atoms with Crippen molar-refractivity contribution in [2.45, 2.75) is 20.4 Å². The van der Waals surface area contributed by atoms with Gasteiger partial charge in [0.05, 0.1) is 29.1 Å². The van der Waals surface area contributed by atoms with Gasteiger partial charge in [0.2, 0.25) is 5.89 Å². The first-order valence-electron chi connectivity index (χ1n) is 7.68. The van der Waals surface area contributed by atoms with Crippen molar-refractivity contribution in [3.8, 4) is 0 Å². The summed E-state index contributed by atoms with van der Waals surface area (Å²) in [5.74, 6) is 0.617. The van der Waals surface area contributed by atoms with Gasteiger partial charge in [-0.3, -0.25) is 9.59 Å². The van der Waals surface area contributed by atoms with Gasteiger partial charge in [0.25, 0.3) is 11.8 Å². The van der Waals surface area contributed by atoms with Crippen molar-refractivity contribution in [3.63, 3.8) is 0 Å². The largest absolute Gasteiger partial charge is 0.444 e. The van der Waals surface area contributed by atoms with Crippen LogP contribution in [0.1, 0.15) is 38.1 Å². The molecule has 0 unspecified atom stereocenters. The maximum Gasteiger partial charge on any atom is 0.256 e. The molecule has 1 aromatic carbocycles. The lowest BCUT2D eigenvalue weighted by Crippen LogP contribution is -2.25. The van der Waals surface area contributed by atoms with Crippen LogP contribution in [-0.4, -0.2) is 16.8 Å². The predicted molar refractivity (Wildman–Crippen MR) is 95.9 cm³/mol. The maximum absolute atomic E-state index is 12.5. The van der Waals surface area contributed by atoms with E-state index in [0.29, 0.717) is 22.7 Å². The zero-order valence-electron chi connectivity index (χ0n) is 13.8. The fourth-order valence-corrected chi connectivity index (χ4v) is 2.88. The number of amides is 2. The maximum atomic E-state index is 12.5. The minimum atomic E-state index is -0.310. The van der Waals surface area contributed by atoms with Crippen LogP contribution in [0.4, 0.5) is 5.69 Å². The number of nitrogens with zero attached hydrogens (tertiary/aromatic N) is 1. The molecule has 2 heterocycles. The molecule has 0 radical (unpaired) electrons. The van der Waals surface area contributed by atoms with Crippen LogP contribution in [-0.2, 0) is 6.54 Å². The summed E-state index contributed by atoms with van der Waals surface area (Å²) in [6.45, 7) is 3.85. The monoisotopic (exact) mass is 355 g/mol. The summed E-state index contributed by atoms with van der Waals surface area (Å²) in [5, 5.41) is 9.12. The van der Waals surface area contributed by atoms with E-state index in [1.165, 1.54) is 11.3 Å². The molecule has 0 aliphatic carbocycles. The van der Waals surface area contributed by atoms with E-state index < -0.39 is 0 Å². The minimum Gasteiger partial charge on any atom is -0.444 e. The summed E-state index contributed by atoms with van der Waals surface area (Å²) in [6.07, 6.45) is 0. The fourth-order valence-electron chi connectivity index (χ4n) is 2.24. The predicted octanol–water partition coefficient (Wildman–Crippen LogP) is 3.54. The number of aryl methyl sites for hydroxylation is 2. The van der Waals surface area contributed by atoms with Crippen LogP contribution in [0.5, 0.6) is 0 Å². The lowest BCUT2D eigenvalue weighted by molar-refractivity contribution is 0.0948. The van der Waals surface area contributed by atoms with Gasteiger partial charge in [-0.2, -0.15) is 11.3 Å². The molecule has 2 N–H and O–H groups in total. The molecular weight excluding hydrogens is 338 g/mol. The molecule has 6 nitrogen and oxygen atoms in total. The number of oxazole rings is 1. The molecule has 0 fully saturated rings. The summed E-state index contributed by atoms with van der Waals surface area (Å²) in [5.41, 5.74) is 2.20. The fraction of sp³-hybridized carbons (Fsp3) is 0.167. The molecule has 25 heavy (non-hydrogen) atoms. The smallest absolute Gasteiger partial charge is 0.256 e. The minimum absolute atomic E-state index is 0.181. The number of nitrogens with one attached hydrogen (secondary N) is 2. The van der Waals surface area contributed by atoms with E-state index in [2.05, 4.69) is 15.6 Å². The van der Waals surface area contributed by atoms with Crippen LogP contribution >= 0.6 is 11.3 Å². The Hall–Kier alpha value is -2.93. The molecule has 0 aliphatic heterocycles. The number of hydrogen-bond donors (Lipinski definition) is 2. The molecule has 2 aromatic heterocycles. The highest BCUT2D eigenvalue weighted by molar-refractivity contribution is 7.08. The molecule has 0 atom stereocenters. The molecule has 0 saturated heterocycles. The highest BCUT2D eigenvalue weighted by atomic mass is 32.1. The summed E-state index contributed by atoms with van der Waals surface area (Å²) in [7, 11) is 0. The molecule has 3 aromatic rings. The number of anilines is 1. The van der Waals surface area contributed by atoms with Crippen molar-refractivity contribution in [1.29, 1.82) is 0 Å². The second-order valence-electron chi connectivity index (χ2n) is 5.44. The van der Waals surface area contributed by atoms with Crippen LogP contribution < -0.4 is 10.6 Å². The van der Waals surface area contributed by atoms with E-state index in [9.17, 15) is 9.59 Å². The van der Waals surface area contributed by atoms with Gasteiger partial charge in [-0.1, -0.05) is 12.1 Å². The van der Waals surface area contributed by atoms with Crippen molar-refractivity contribution in [2.75, 3.05) is 5.32 Å². The number of para-hydroxylation sites is 1. The van der Waals surface area contributed by atoms with Gasteiger partial charge in [0, 0.05) is 5.38 Å². The first kappa shape index (κ1) is 16.9. The summed E-state index contributed by atoms with van der Waals surface area (Å²) in [6, 6.07) is 8.59. The number of carbonyl (C=O) groups is 2. The zero-order chi connectivity index (χ0) is 17.8.